The Bertz CT molecular complexity index is 659. The van der Waals surface area contributed by atoms with Crippen LogP contribution in [-0.4, -0.2) is 23.4 Å². The van der Waals surface area contributed by atoms with Crippen molar-refractivity contribution in [3.63, 3.8) is 0 Å². The van der Waals surface area contributed by atoms with Gasteiger partial charge in [0.25, 0.3) is 0 Å². The molecule has 0 saturated carbocycles. The molecule has 4 heteroatoms. The monoisotopic (exact) mass is 338 g/mol. The molecule has 98 valence electrons. The van der Waals surface area contributed by atoms with Gasteiger partial charge in [-0.1, -0.05) is 0 Å². The van der Waals surface area contributed by atoms with Gasteiger partial charge >= 0.3 is 120 Å². The number of aryl methyl sites for hydroxylation is 1. The van der Waals surface area contributed by atoms with Gasteiger partial charge in [-0.3, -0.25) is 0 Å². The summed E-state index contributed by atoms with van der Waals surface area (Å²) in [6, 6.07) is 16.8. The quantitative estimate of drug-likeness (QED) is 0.802. The van der Waals surface area contributed by atoms with Gasteiger partial charge in [0.05, 0.1) is 0 Å². The topological polar surface area (TPSA) is 34.1 Å². The molecule has 0 aliphatic heterocycles. The molecule has 2 aromatic rings. The van der Waals surface area contributed by atoms with Crippen molar-refractivity contribution < 1.29 is 8.42 Å². The molecule has 0 atom stereocenters. The Morgan fingerprint density at radius 1 is 0.947 bits per heavy atom. The van der Waals surface area contributed by atoms with Crippen molar-refractivity contribution in [3.05, 3.63) is 70.5 Å². The molecule has 0 aliphatic rings. The molecule has 19 heavy (non-hydrogen) atoms. The van der Waals surface area contributed by atoms with Gasteiger partial charge in [-0.2, -0.15) is 0 Å². The number of sulfone groups is 1. The second kappa shape index (κ2) is 6.20. The van der Waals surface area contributed by atoms with Crippen LogP contribution in [0.2, 0.25) is 0 Å². The van der Waals surface area contributed by atoms with E-state index in [4.69, 9.17) is 0 Å². The molecule has 0 aromatic heterocycles. The molecule has 0 N–H and O–H groups in total. The van der Waals surface area contributed by atoms with Gasteiger partial charge < -0.3 is 0 Å². The Hall–Kier alpha value is -1.35. The Kier molecular flexibility index (Phi) is 4.59. The van der Waals surface area contributed by atoms with E-state index in [9.17, 15) is 8.42 Å². The summed E-state index contributed by atoms with van der Waals surface area (Å²) in [6.45, 7) is 1.94. The summed E-state index contributed by atoms with van der Waals surface area (Å²) in [7, 11) is -3.31. The zero-order valence-corrected chi connectivity index (χ0v) is 13.0. The van der Waals surface area contributed by atoms with Gasteiger partial charge in [-0.15, -0.1) is 0 Å². The van der Waals surface area contributed by atoms with E-state index in [1.807, 2.05) is 49.4 Å². The van der Waals surface area contributed by atoms with E-state index in [1.165, 1.54) is 5.41 Å². The van der Waals surface area contributed by atoms with Crippen LogP contribution in [-0.2, 0) is 9.84 Å². The van der Waals surface area contributed by atoms with Crippen molar-refractivity contribution in [2.24, 2.45) is 0 Å². The first-order valence-electron chi connectivity index (χ1n) is 5.78. The van der Waals surface area contributed by atoms with Crippen LogP contribution < -0.4 is 4.46 Å². The SMILES string of the molecule is Cc1ccc(S(=O)(=O)/C=C/[Se]c2ccccc2)cc1. The van der Waals surface area contributed by atoms with Crippen molar-refractivity contribution in [2.45, 2.75) is 11.8 Å². The molecule has 0 spiro atoms. The predicted molar refractivity (Wildman–Crippen MR) is 79.3 cm³/mol. The van der Waals surface area contributed by atoms with Crippen molar-refractivity contribution in [1.82, 2.24) is 0 Å². The van der Waals surface area contributed by atoms with Crippen molar-refractivity contribution in [1.29, 1.82) is 0 Å². The normalized spacial score (nSPS) is 11.8. The molecule has 0 unspecified atom stereocenters. The molecular weight excluding hydrogens is 323 g/mol. The maximum atomic E-state index is 12.1. The standard InChI is InChI=1S/C15H14O2SSe/c1-13-7-9-14(10-8-13)18(16,17)11-12-19-15-5-3-2-4-6-15/h2-12H,1H3/b12-11+. The van der Waals surface area contributed by atoms with Crippen molar-refractivity contribution >= 4 is 29.3 Å². The van der Waals surface area contributed by atoms with Crippen LogP contribution in [0, 0.1) is 6.92 Å². The maximum absolute atomic E-state index is 12.1. The molecule has 0 fully saturated rings. The summed E-state index contributed by atoms with van der Waals surface area (Å²) in [6.07, 6.45) is 0. The molecular formula is C15H14O2SSe. The molecule has 0 aliphatic carbocycles. The van der Waals surface area contributed by atoms with Crippen LogP contribution in [0.3, 0.4) is 0 Å². The fourth-order valence-electron chi connectivity index (χ4n) is 1.49. The molecule has 0 bridgehead atoms. The summed E-state index contributed by atoms with van der Waals surface area (Å²) in [5.74, 6) is 0. The van der Waals surface area contributed by atoms with Crippen LogP contribution in [0.5, 0.6) is 0 Å². The van der Waals surface area contributed by atoms with Crippen LogP contribution in [0.25, 0.3) is 0 Å². The Balaban J connectivity index is 2.11. The summed E-state index contributed by atoms with van der Waals surface area (Å²) < 4.78 is 25.3. The van der Waals surface area contributed by atoms with Gasteiger partial charge in [-0.25, -0.2) is 0 Å². The second-order valence-corrected chi connectivity index (χ2v) is 7.95. The number of benzene rings is 2. The molecule has 0 radical (unpaired) electrons. The predicted octanol–water partition coefficient (Wildman–Crippen LogP) is 2.27. The van der Waals surface area contributed by atoms with Gasteiger partial charge in [0.2, 0.25) is 0 Å². The molecule has 2 nitrogen and oxygen atoms in total. The van der Waals surface area contributed by atoms with Gasteiger partial charge in [0.15, 0.2) is 0 Å². The fourth-order valence-corrected chi connectivity index (χ4v) is 4.62. The average Bonchev–Trinajstić information content (AvgIpc) is 2.40. The minimum absolute atomic E-state index is 0.0407. The molecule has 0 saturated heterocycles. The second-order valence-electron chi connectivity index (χ2n) is 4.06. The van der Waals surface area contributed by atoms with Crippen LogP contribution in [0.4, 0.5) is 0 Å². The summed E-state index contributed by atoms with van der Waals surface area (Å²) in [4.78, 5) is 2.09. The van der Waals surface area contributed by atoms with E-state index in [0.29, 0.717) is 4.90 Å². The third kappa shape index (κ3) is 4.06. The van der Waals surface area contributed by atoms with Gasteiger partial charge in [0.1, 0.15) is 0 Å². The minimum atomic E-state index is -3.31. The summed E-state index contributed by atoms with van der Waals surface area (Å²) in [5, 5.41) is 1.31. The summed E-state index contributed by atoms with van der Waals surface area (Å²) in [5.41, 5.74) is 1.05. The zero-order valence-electron chi connectivity index (χ0n) is 10.5. The van der Waals surface area contributed by atoms with E-state index in [-0.39, 0.29) is 15.0 Å². The van der Waals surface area contributed by atoms with Crippen LogP contribution >= 0.6 is 0 Å². The Morgan fingerprint density at radius 3 is 2.21 bits per heavy atom. The van der Waals surface area contributed by atoms with Gasteiger partial charge in [-0.05, 0) is 0 Å². The first-order chi connectivity index (χ1) is 9.08. The molecule has 0 amide bonds. The molecule has 2 aromatic carbocycles. The van der Waals surface area contributed by atoms with Gasteiger partial charge in [0, 0.05) is 0 Å². The first kappa shape index (κ1) is 14.1. The Labute approximate surface area is 120 Å². The van der Waals surface area contributed by atoms with Crippen LogP contribution in [0.15, 0.2) is 69.9 Å². The average molecular weight is 337 g/mol. The Morgan fingerprint density at radius 2 is 1.58 bits per heavy atom. The number of rotatable bonds is 4. The summed E-state index contributed by atoms with van der Waals surface area (Å²) >= 11 is 0.0407. The number of hydrogen-bond acceptors (Lipinski definition) is 2. The van der Waals surface area contributed by atoms with E-state index >= 15 is 0 Å². The van der Waals surface area contributed by atoms with E-state index in [2.05, 4.69) is 0 Å². The van der Waals surface area contributed by atoms with Crippen LogP contribution in [0.1, 0.15) is 5.56 Å². The zero-order chi connectivity index (χ0) is 13.7. The third-order valence-electron chi connectivity index (χ3n) is 2.53. The van der Waals surface area contributed by atoms with E-state index in [1.54, 1.807) is 17.1 Å². The van der Waals surface area contributed by atoms with Crippen molar-refractivity contribution in [3.8, 4) is 0 Å². The first-order valence-corrected chi connectivity index (χ1v) is 9.17. The molecule has 2 rings (SSSR count). The van der Waals surface area contributed by atoms with Crippen molar-refractivity contribution in [2.75, 3.05) is 0 Å². The fraction of sp³-hybridized carbons (Fsp3) is 0.0667. The number of hydrogen-bond donors (Lipinski definition) is 0. The third-order valence-corrected chi connectivity index (χ3v) is 6.06. The molecule has 0 heterocycles. The van der Waals surface area contributed by atoms with E-state index < -0.39 is 9.84 Å². The van der Waals surface area contributed by atoms with E-state index in [0.717, 1.165) is 10.0 Å².